The summed E-state index contributed by atoms with van der Waals surface area (Å²) in [5.74, 6) is 0.482. The van der Waals surface area contributed by atoms with Crippen LogP contribution in [0.25, 0.3) is 4.96 Å². The van der Waals surface area contributed by atoms with Crippen molar-refractivity contribution in [3.63, 3.8) is 0 Å². The third-order valence-corrected chi connectivity index (χ3v) is 4.02. The summed E-state index contributed by atoms with van der Waals surface area (Å²) >= 11 is 1.32. The first-order valence-corrected chi connectivity index (χ1v) is 7.50. The molecule has 1 aromatic carbocycles. The minimum Gasteiger partial charge on any atom is -0.497 e. The Bertz CT molecular complexity index is 932. The number of methoxy groups -OCH3 is 2. The molecule has 0 bridgehead atoms. The topological polar surface area (TPSA) is 81.9 Å². The molecule has 2 aromatic heterocycles. The molecule has 0 spiro atoms. The molecular formula is C15H13N3O4S. The van der Waals surface area contributed by atoms with Crippen LogP contribution in [0.1, 0.15) is 10.4 Å². The lowest BCUT2D eigenvalue weighted by Crippen LogP contribution is -2.25. The van der Waals surface area contributed by atoms with E-state index in [-0.39, 0.29) is 5.56 Å². The van der Waals surface area contributed by atoms with Crippen molar-refractivity contribution in [3.05, 3.63) is 51.9 Å². The molecule has 23 heavy (non-hydrogen) atoms. The Morgan fingerprint density at radius 3 is 2.87 bits per heavy atom. The molecule has 0 fully saturated rings. The summed E-state index contributed by atoms with van der Waals surface area (Å²) in [7, 11) is 3.02. The van der Waals surface area contributed by atoms with Crippen molar-refractivity contribution in [2.45, 2.75) is 0 Å². The van der Waals surface area contributed by atoms with Gasteiger partial charge in [0.15, 0.2) is 4.96 Å². The van der Waals surface area contributed by atoms with E-state index in [2.05, 4.69) is 10.3 Å². The first-order chi connectivity index (χ1) is 11.1. The molecule has 1 N–H and O–H groups in total. The van der Waals surface area contributed by atoms with E-state index < -0.39 is 11.5 Å². The van der Waals surface area contributed by atoms with Crippen LogP contribution in [0.4, 0.5) is 5.69 Å². The first kappa shape index (κ1) is 15.0. The molecule has 2 heterocycles. The smallest absolute Gasteiger partial charge is 0.271 e. The second-order valence-corrected chi connectivity index (χ2v) is 5.43. The molecule has 0 unspecified atom stereocenters. The monoisotopic (exact) mass is 331 g/mol. The number of hydrogen-bond donors (Lipinski definition) is 1. The molecule has 1 amide bonds. The van der Waals surface area contributed by atoms with Crippen molar-refractivity contribution in [1.82, 2.24) is 9.38 Å². The zero-order chi connectivity index (χ0) is 16.4. The maximum atomic E-state index is 12.4. The molecule has 0 saturated carbocycles. The molecule has 7 nitrogen and oxygen atoms in total. The molecule has 8 heteroatoms. The van der Waals surface area contributed by atoms with Gasteiger partial charge in [-0.3, -0.25) is 14.0 Å². The first-order valence-electron chi connectivity index (χ1n) is 6.62. The van der Waals surface area contributed by atoms with Gasteiger partial charge < -0.3 is 14.8 Å². The quantitative estimate of drug-likeness (QED) is 0.791. The number of ether oxygens (including phenoxy) is 2. The summed E-state index contributed by atoms with van der Waals surface area (Å²) < 4.78 is 11.7. The molecule has 0 aliphatic heterocycles. The lowest BCUT2D eigenvalue weighted by Gasteiger charge is -2.11. The number of rotatable bonds is 4. The molecule has 3 aromatic rings. The Morgan fingerprint density at radius 2 is 2.13 bits per heavy atom. The fourth-order valence-electron chi connectivity index (χ4n) is 2.07. The molecule has 3 rings (SSSR count). The average molecular weight is 331 g/mol. The molecule has 0 saturated heterocycles. The number of aromatic nitrogens is 2. The van der Waals surface area contributed by atoms with E-state index in [1.165, 1.54) is 36.2 Å². The highest BCUT2D eigenvalue weighted by molar-refractivity contribution is 7.15. The zero-order valence-corrected chi connectivity index (χ0v) is 13.2. The second-order valence-electron chi connectivity index (χ2n) is 4.55. The largest absolute Gasteiger partial charge is 0.497 e. The molecule has 0 radical (unpaired) electrons. The van der Waals surface area contributed by atoms with Crippen LogP contribution in [0.2, 0.25) is 0 Å². The van der Waals surface area contributed by atoms with Crippen LogP contribution >= 0.6 is 11.3 Å². The number of fused-ring (bicyclic) bond motifs is 1. The summed E-state index contributed by atoms with van der Waals surface area (Å²) in [4.78, 5) is 29.3. The lowest BCUT2D eigenvalue weighted by molar-refractivity contribution is 0.102. The maximum Gasteiger partial charge on any atom is 0.271 e. The number of carbonyl (C=O) groups excluding carboxylic acids is 1. The zero-order valence-electron chi connectivity index (χ0n) is 12.4. The Labute approximate surface area is 135 Å². The fourth-order valence-corrected chi connectivity index (χ4v) is 2.75. The van der Waals surface area contributed by atoms with Crippen LogP contribution < -0.4 is 20.3 Å². The number of nitrogens with zero attached hydrogens (tertiary/aromatic N) is 2. The summed E-state index contributed by atoms with van der Waals surface area (Å²) in [5, 5.41) is 4.39. The van der Waals surface area contributed by atoms with Gasteiger partial charge in [-0.2, -0.15) is 0 Å². The summed E-state index contributed by atoms with van der Waals surface area (Å²) in [5.41, 5.74) is -0.0203. The number of nitrogens with one attached hydrogen (secondary N) is 1. The highest BCUT2D eigenvalue weighted by Crippen LogP contribution is 2.29. The van der Waals surface area contributed by atoms with Gasteiger partial charge in [0.1, 0.15) is 17.1 Å². The van der Waals surface area contributed by atoms with Crippen LogP contribution in [0.15, 0.2) is 40.8 Å². The van der Waals surface area contributed by atoms with Crippen molar-refractivity contribution in [1.29, 1.82) is 0 Å². The van der Waals surface area contributed by atoms with Gasteiger partial charge >= 0.3 is 0 Å². The normalized spacial score (nSPS) is 10.5. The molecule has 0 aliphatic rings. The third-order valence-electron chi connectivity index (χ3n) is 3.24. The van der Waals surface area contributed by atoms with E-state index in [0.29, 0.717) is 22.1 Å². The maximum absolute atomic E-state index is 12.4. The van der Waals surface area contributed by atoms with Gasteiger partial charge in [0.05, 0.1) is 19.9 Å². The van der Waals surface area contributed by atoms with Crippen molar-refractivity contribution in [2.75, 3.05) is 19.5 Å². The van der Waals surface area contributed by atoms with E-state index in [4.69, 9.17) is 9.47 Å². The van der Waals surface area contributed by atoms with Crippen LogP contribution in [-0.2, 0) is 0 Å². The van der Waals surface area contributed by atoms with Gasteiger partial charge in [0.2, 0.25) is 0 Å². The van der Waals surface area contributed by atoms with Crippen LogP contribution in [0, 0.1) is 0 Å². The minimum atomic E-state index is -0.549. The molecular weight excluding hydrogens is 318 g/mol. The average Bonchev–Trinajstić information content (AvgIpc) is 3.05. The van der Waals surface area contributed by atoms with Gasteiger partial charge in [-0.1, -0.05) is 0 Å². The lowest BCUT2D eigenvalue weighted by atomic mass is 10.2. The number of anilines is 1. The Kier molecular flexibility index (Phi) is 3.98. The summed E-state index contributed by atoms with van der Waals surface area (Å²) in [6.07, 6.45) is 2.86. The standard InChI is InChI=1S/C15H13N3O4S/c1-21-9-3-4-11(12(7-9)22-2)17-13(19)10-8-16-15-18(14(10)20)5-6-23-15/h3-8H,1-2H3,(H,17,19). The van der Waals surface area contributed by atoms with Gasteiger partial charge in [-0.25, -0.2) is 4.98 Å². The summed E-state index contributed by atoms with van der Waals surface area (Å²) in [6.45, 7) is 0. The van der Waals surface area contributed by atoms with E-state index in [0.717, 1.165) is 0 Å². The minimum absolute atomic E-state index is 0.0428. The predicted molar refractivity (Wildman–Crippen MR) is 86.8 cm³/mol. The number of carbonyl (C=O) groups is 1. The molecule has 0 aliphatic carbocycles. The van der Waals surface area contributed by atoms with Crippen molar-refractivity contribution in [3.8, 4) is 11.5 Å². The van der Waals surface area contributed by atoms with E-state index >= 15 is 0 Å². The Balaban J connectivity index is 1.94. The number of thiazole rings is 1. The number of benzene rings is 1. The van der Waals surface area contributed by atoms with Crippen molar-refractivity contribution >= 4 is 27.9 Å². The third kappa shape index (κ3) is 2.76. The molecule has 118 valence electrons. The van der Waals surface area contributed by atoms with Crippen molar-refractivity contribution < 1.29 is 14.3 Å². The highest BCUT2D eigenvalue weighted by atomic mass is 32.1. The van der Waals surface area contributed by atoms with E-state index in [1.54, 1.807) is 29.8 Å². The van der Waals surface area contributed by atoms with Gasteiger partial charge in [0.25, 0.3) is 11.5 Å². The second kappa shape index (κ2) is 6.09. The van der Waals surface area contributed by atoms with Gasteiger partial charge in [-0.05, 0) is 12.1 Å². The van der Waals surface area contributed by atoms with E-state index in [1.807, 2.05) is 0 Å². The van der Waals surface area contributed by atoms with Crippen LogP contribution in [-0.4, -0.2) is 29.5 Å². The van der Waals surface area contributed by atoms with Crippen molar-refractivity contribution in [2.24, 2.45) is 0 Å². The Morgan fingerprint density at radius 1 is 1.30 bits per heavy atom. The number of hydrogen-bond acceptors (Lipinski definition) is 6. The van der Waals surface area contributed by atoms with Gasteiger partial charge in [-0.15, -0.1) is 11.3 Å². The molecule has 0 atom stereocenters. The SMILES string of the molecule is COc1ccc(NC(=O)c2cnc3sccn3c2=O)c(OC)c1. The van der Waals surface area contributed by atoms with Crippen LogP contribution in [0.3, 0.4) is 0 Å². The highest BCUT2D eigenvalue weighted by Gasteiger charge is 2.16. The fraction of sp³-hybridized carbons (Fsp3) is 0.133. The van der Waals surface area contributed by atoms with Gasteiger partial charge in [0, 0.05) is 23.8 Å². The van der Waals surface area contributed by atoms with Crippen LogP contribution in [0.5, 0.6) is 11.5 Å². The predicted octanol–water partition coefficient (Wildman–Crippen LogP) is 2.03. The Hall–Kier alpha value is -2.87. The number of amides is 1. The summed E-state index contributed by atoms with van der Waals surface area (Å²) in [6, 6.07) is 4.97. The van der Waals surface area contributed by atoms with E-state index in [9.17, 15) is 9.59 Å².